The first-order chi connectivity index (χ1) is 15.6. The van der Waals surface area contributed by atoms with Gasteiger partial charge in [0.1, 0.15) is 17.1 Å². The molecule has 0 unspecified atom stereocenters. The molecule has 5 nitrogen and oxygen atoms in total. The molecule has 0 bridgehead atoms. The SMILES string of the molecule is COc1cc(C(C)C)cc(Oc2c(Br)cc(CC(=O)O)cc2Br)c1C(=O)c1cccc(C)c1. The molecule has 0 saturated carbocycles. The average Bonchev–Trinajstić information content (AvgIpc) is 2.74. The zero-order valence-electron chi connectivity index (χ0n) is 18.7. The third kappa shape index (κ3) is 5.84. The van der Waals surface area contributed by atoms with Gasteiger partial charge in [-0.15, -0.1) is 0 Å². The zero-order valence-corrected chi connectivity index (χ0v) is 21.9. The van der Waals surface area contributed by atoms with E-state index in [2.05, 4.69) is 31.9 Å². The second-order valence-electron chi connectivity index (χ2n) is 8.01. The number of carbonyl (C=O) groups excluding carboxylic acids is 1. The number of aryl methyl sites for hydroxylation is 1. The Morgan fingerprint density at radius 3 is 2.18 bits per heavy atom. The van der Waals surface area contributed by atoms with Gasteiger partial charge in [0.15, 0.2) is 5.75 Å². The highest BCUT2D eigenvalue weighted by Gasteiger charge is 2.24. The van der Waals surface area contributed by atoms with Crippen molar-refractivity contribution in [1.82, 2.24) is 0 Å². The van der Waals surface area contributed by atoms with Crippen LogP contribution in [0.3, 0.4) is 0 Å². The van der Waals surface area contributed by atoms with Crippen molar-refractivity contribution in [3.05, 3.63) is 85.3 Å². The maximum absolute atomic E-state index is 13.6. The number of hydrogen-bond donors (Lipinski definition) is 1. The number of methoxy groups -OCH3 is 1. The molecule has 3 aromatic rings. The van der Waals surface area contributed by atoms with Gasteiger partial charge < -0.3 is 14.6 Å². The van der Waals surface area contributed by atoms with Crippen molar-refractivity contribution in [2.24, 2.45) is 0 Å². The predicted molar refractivity (Wildman–Crippen MR) is 135 cm³/mol. The average molecular weight is 576 g/mol. The monoisotopic (exact) mass is 574 g/mol. The van der Waals surface area contributed by atoms with Crippen LogP contribution < -0.4 is 9.47 Å². The first kappa shape index (κ1) is 25.0. The molecule has 3 rings (SSSR count). The van der Waals surface area contributed by atoms with Crippen molar-refractivity contribution in [2.45, 2.75) is 33.1 Å². The lowest BCUT2D eigenvalue weighted by atomic mass is 9.95. The molecule has 0 aliphatic carbocycles. The van der Waals surface area contributed by atoms with Gasteiger partial charge >= 0.3 is 5.97 Å². The second kappa shape index (κ2) is 10.5. The minimum atomic E-state index is -0.928. The molecule has 0 aromatic heterocycles. The Hall–Kier alpha value is -2.64. The van der Waals surface area contributed by atoms with Crippen LogP contribution in [0.5, 0.6) is 17.2 Å². The Morgan fingerprint density at radius 1 is 1.00 bits per heavy atom. The van der Waals surface area contributed by atoms with Crippen LogP contribution in [0.4, 0.5) is 0 Å². The summed E-state index contributed by atoms with van der Waals surface area (Å²) in [5, 5.41) is 9.11. The minimum absolute atomic E-state index is 0.120. The van der Waals surface area contributed by atoms with E-state index in [1.807, 2.05) is 51.1 Å². The summed E-state index contributed by atoms with van der Waals surface area (Å²) < 4.78 is 13.0. The van der Waals surface area contributed by atoms with Gasteiger partial charge in [-0.25, -0.2) is 0 Å². The van der Waals surface area contributed by atoms with Crippen molar-refractivity contribution in [3.8, 4) is 17.2 Å². The molecule has 1 N–H and O–H groups in total. The Balaban J connectivity index is 2.17. The van der Waals surface area contributed by atoms with Crippen molar-refractivity contribution < 1.29 is 24.2 Å². The number of rotatable bonds is 8. The Labute approximate surface area is 210 Å². The van der Waals surface area contributed by atoms with E-state index in [9.17, 15) is 9.59 Å². The van der Waals surface area contributed by atoms with Gasteiger partial charge in [0.2, 0.25) is 5.78 Å². The number of aliphatic carboxylic acids is 1. The Morgan fingerprint density at radius 2 is 1.64 bits per heavy atom. The second-order valence-corrected chi connectivity index (χ2v) is 9.72. The highest BCUT2D eigenvalue weighted by atomic mass is 79.9. The molecule has 0 spiro atoms. The van der Waals surface area contributed by atoms with Gasteiger partial charge in [-0.05, 0) is 86.2 Å². The molecule has 0 aliphatic heterocycles. The fourth-order valence-corrected chi connectivity index (χ4v) is 4.88. The number of ether oxygens (including phenoxy) is 2. The molecular weight excluding hydrogens is 552 g/mol. The number of carbonyl (C=O) groups is 2. The largest absolute Gasteiger partial charge is 0.496 e. The van der Waals surface area contributed by atoms with Crippen molar-refractivity contribution >= 4 is 43.6 Å². The van der Waals surface area contributed by atoms with E-state index in [0.29, 0.717) is 42.9 Å². The Bertz CT molecular complexity index is 1190. The van der Waals surface area contributed by atoms with E-state index < -0.39 is 5.97 Å². The summed E-state index contributed by atoms with van der Waals surface area (Å²) in [6.45, 7) is 6.03. The number of ketones is 1. The van der Waals surface area contributed by atoms with Crippen LogP contribution in [-0.4, -0.2) is 24.0 Å². The van der Waals surface area contributed by atoms with Crippen molar-refractivity contribution in [3.63, 3.8) is 0 Å². The molecule has 0 atom stereocenters. The van der Waals surface area contributed by atoms with Crippen LogP contribution in [0.25, 0.3) is 0 Å². The number of hydrogen-bond acceptors (Lipinski definition) is 4. The van der Waals surface area contributed by atoms with E-state index >= 15 is 0 Å². The fourth-order valence-electron chi connectivity index (χ4n) is 3.44. The molecule has 0 saturated heterocycles. The fraction of sp³-hybridized carbons (Fsp3) is 0.231. The molecule has 33 heavy (non-hydrogen) atoms. The zero-order chi connectivity index (χ0) is 24.3. The first-order valence-electron chi connectivity index (χ1n) is 10.3. The number of carboxylic acids is 1. The number of benzene rings is 3. The highest BCUT2D eigenvalue weighted by Crippen LogP contribution is 2.42. The lowest BCUT2D eigenvalue weighted by Crippen LogP contribution is -2.08. The summed E-state index contributed by atoms with van der Waals surface area (Å²) in [7, 11) is 1.53. The van der Waals surface area contributed by atoms with Gasteiger partial charge in [-0.3, -0.25) is 9.59 Å². The third-order valence-electron chi connectivity index (χ3n) is 5.11. The topological polar surface area (TPSA) is 72.8 Å². The van der Waals surface area contributed by atoms with E-state index in [1.54, 1.807) is 18.2 Å². The molecule has 7 heteroatoms. The van der Waals surface area contributed by atoms with Crippen LogP contribution in [-0.2, 0) is 11.2 Å². The number of halogens is 2. The molecule has 0 fully saturated rings. The van der Waals surface area contributed by atoms with E-state index in [1.165, 1.54) is 7.11 Å². The summed E-state index contributed by atoms with van der Waals surface area (Å²) in [6.07, 6.45) is -0.120. The van der Waals surface area contributed by atoms with E-state index in [0.717, 1.165) is 11.1 Å². The Kier molecular flexibility index (Phi) is 7.97. The van der Waals surface area contributed by atoms with E-state index in [4.69, 9.17) is 14.6 Å². The first-order valence-corrected chi connectivity index (χ1v) is 11.9. The number of carboxylic acid groups (broad SMARTS) is 1. The molecule has 172 valence electrons. The molecular formula is C26H24Br2O5. The van der Waals surface area contributed by atoms with E-state index in [-0.39, 0.29) is 18.1 Å². The minimum Gasteiger partial charge on any atom is -0.496 e. The summed E-state index contributed by atoms with van der Waals surface area (Å²) in [5.74, 6) is 0.257. The van der Waals surface area contributed by atoms with Crippen LogP contribution in [0.2, 0.25) is 0 Å². The standard InChI is InChI=1S/C26H24Br2O5/c1-14(2)18-12-21(32-4)24(25(31)17-7-5-6-15(3)8-17)22(13-18)33-26-19(27)9-16(10-20(26)28)11-23(29)30/h5-10,12-14H,11H2,1-4H3,(H,29,30). The summed E-state index contributed by atoms with van der Waals surface area (Å²) >= 11 is 6.96. The normalized spacial score (nSPS) is 10.9. The van der Waals surface area contributed by atoms with Gasteiger partial charge in [-0.2, -0.15) is 0 Å². The highest BCUT2D eigenvalue weighted by molar-refractivity contribution is 9.11. The quantitative estimate of drug-likeness (QED) is 0.285. The van der Waals surface area contributed by atoms with Crippen molar-refractivity contribution in [1.29, 1.82) is 0 Å². The smallest absolute Gasteiger partial charge is 0.307 e. The predicted octanol–water partition coefficient (Wildman–Crippen LogP) is 7.30. The van der Waals surface area contributed by atoms with Gasteiger partial charge in [0.25, 0.3) is 0 Å². The lowest BCUT2D eigenvalue weighted by Gasteiger charge is -2.19. The molecule has 0 radical (unpaired) electrons. The molecule has 0 aliphatic rings. The van der Waals surface area contributed by atoms with Crippen LogP contribution in [0.15, 0.2) is 57.5 Å². The van der Waals surface area contributed by atoms with Gasteiger partial charge in [0, 0.05) is 5.56 Å². The molecule has 0 heterocycles. The maximum atomic E-state index is 13.6. The van der Waals surface area contributed by atoms with Gasteiger partial charge in [-0.1, -0.05) is 37.6 Å². The summed E-state index contributed by atoms with van der Waals surface area (Å²) in [4.78, 5) is 24.7. The summed E-state index contributed by atoms with van der Waals surface area (Å²) in [6, 6.07) is 14.5. The van der Waals surface area contributed by atoms with Crippen LogP contribution >= 0.6 is 31.9 Å². The molecule has 0 amide bonds. The van der Waals surface area contributed by atoms with Crippen molar-refractivity contribution in [2.75, 3.05) is 7.11 Å². The summed E-state index contributed by atoms with van der Waals surface area (Å²) in [5.41, 5.74) is 3.39. The maximum Gasteiger partial charge on any atom is 0.307 e. The third-order valence-corrected chi connectivity index (χ3v) is 6.29. The van der Waals surface area contributed by atoms with Gasteiger partial charge in [0.05, 0.1) is 22.5 Å². The molecule has 3 aromatic carbocycles. The van der Waals surface area contributed by atoms with Crippen LogP contribution in [0, 0.1) is 6.92 Å². The lowest BCUT2D eigenvalue weighted by molar-refractivity contribution is -0.136. The van der Waals surface area contributed by atoms with Crippen LogP contribution in [0.1, 0.15) is 52.4 Å².